The maximum atomic E-state index is 11.4. The van der Waals surface area contributed by atoms with Gasteiger partial charge in [0.25, 0.3) is 0 Å². The van der Waals surface area contributed by atoms with E-state index in [0.29, 0.717) is 16.5 Å². The van der Waals surface area contributed by atoms with Gasteiger partial charge in [-0.2, -0.15) is 0 Å². The van der Waals surface area contributed by atoms with Gasteiger partial charge in [0.15, 0.2) is 5.76 Å². The monoisotopic (exact) mass is 348 g/mol. The van der Waals surface area contributed by atoms with Crippen LogP contribution >= 0.6 is 11.6 Å². The molecule has 2 aromatic carbocycles. The molecule has 0 saturated carbocycles. The van der Waals surface area contributed by atoms with Crippen LogP contribution in [0.15, 0.2) is 57.9 Å². The van der Waals surface area contributed by atoms with Crippen LogP contribution in [0, 0.1) is 6.92 Å². The van der Waals surface area contributed by atoms with E-state index >= 15 is 0 Å². The maximum Gasteiger partial charge on any atom is 0.238 e. The zero-order valence-corrected chi connectivity index (χ0v) is 13.7. The number of primary sulfonamides is 1. The van der Waals surface area contributed by atoms with E-state index in [2.05, 4.69) is 5.16 Å². The quantitative estimate of drug-likeness (QED) is 0.783. The lowest BCUT2D eigenvalue weighted by molar-refractivity contribution is 0.427. The molecule has 0 aliphatic carbocycles. The lowest BCUT2D eigenvalue weighted by Gasteiger charge is -2.05. The Morgan fingerprint density at radius 1 is 1.00 bits per heavy atom. The van der Waals surface area contributed by atoms with Gasteiger partial charge in [0, 0.05) is 10.6 Å². The van der Waals surface area contributed by atoms with Crippen molar-refractivity contribution in [2.45, 2.75) is 11.8 Å². The summed E-state index contributed by atoms with van der Waals surface area (Å²) in [6, 6.07) is 13.5. The van der Waals surface area contributed by atoms with Gasteiger partial charge >= 0.3 is 0 Å². The second-order valence-corrected chi connectivity index (χ2v) is 7.05. The first kappa shape index (κ1) is 15.7. The summed E-state index contributed by atoms with van der Waals surface area (Å²) in [7, 11) is -3.72. The third-order valence-corrected chi connectivity index (χ3v) is 4.62. The summed E-state index contributed by atoms with van der Waals surface area (Å²) in [4.78, 5) is 0.0587. The molecule has 0 spiro atoms. The van der Waals surface area contributed by atoms with Crippen LogP contribution in [0.25, 0.3) is 22.5 Å². The Hall–Kier alpha value is -2.15. The Balaban J connectivity index is 2.10. The summed E-state index contributed by atoms with van der Waals surface area (Å²) in [6.07, 6.45) is 0. The summed E-state index contributed by atoms with van der Waals surface area (Å²) in [6.45, 7) is 1.83. The Morgan fingerprint density at radius 2 is 1.57 bits per heavy atom. The van der Waals surface area contributed by atoms with Crippen molar-refractivity contribution in [2.75, 3.05) is 0 Å². The minimum absolute atomic E-state index is 0.0587. The van der Waals surface area contributed by atoms with Gasteiger partial charge in [-0.1, -0.05) is 28.9 Å². The van der Waals surface area contributed by atoms with Crippen molar-refractivity contribution < 1.29 is 12.9 Å². The molecule has 1 heterocycles. The van der Waals surface area contributed by atoms with Gasteiger partial charge in [-0.05, 0) is 48.9 Å². The molecule has 3 rings (SSSR count). The van der Waals surface area contributed by atoms with Crippen molar-refractivity contribution in [3.63, 3.8) is 0 Å². The second kappa shape index (κ2) is 5.81. The summed E-state index contributed by atoms with van der Waals surface area (Å²) < 4.78 is 28.1. The average Bonchev–Trinajstić information content (AvgIpc) is 2.89. The van der Waals surface area contributed by atoms with E-state index in [1.165, 1.54) is 12.1 Å². The molecule has 0 saturated heterocycles. The Kier molecular flexibility index (Phi) is 3.97. The number of sulfonamides is 1. The normalized spacial score (nSPS) is 11.6. The highest BCUT2D eigenvalue weighted by atomic mass is 35.5. The van der Waals surface area contributed by atoms with Crippen molar-refractivity contribution >= 4 is 21.6 Å². The highest BCUT2D eigenvalue weighted by Gasteiger charge is 2.17. The van der Waals surface area contributed by atoms with Crippen molar-refractivity contribution in [2.24, 2.45) is 5.14 Å². The van der Waals surface area contributed by atoms with E-state index in [-0.39, 0.29) is 4.90 Å². The van der Waals surface area contributed by atoms with E-state index < -0.39 is 10.0 Å². The lowest BCUT2D eigenvalue weighted by Crippen LogP contribution is -2.11. The summed E-state index contributed by atoms with van der Waals surface area (Å²) in [5.74, 6) is 0.600. The Labute approximate surface area is 138 Å². The van der Waals surface area contributed by atoms with Crippen LogP contribution in [0.2, 0.25) is 5.02 Å². The molecule has 23 heavy (non-hydrogen) atoms. The summed E-state index contributed by atoms with van der Waals surface area (Å²) in [5, 5.41) is 9.76. The third kappa shape index (κ3) is 3.14. The first-order valence-electron chi connectivity index (χ1n) is 6.72. The predicted molar refractivity (Wildman–Crippen MR) is 88.5 cm³/mol. The molecule has 118 valence electrons. The third-order valence-electron chi connectivity index (χ3n) is 3.44. The van der Waals surface area contributed by atoms with Crippen LogP contribution < -0.4 is 5.14 Å². The lowest BCUT2D eigenvalue weighted by atomic mass is 10.00. The number of hydrogen-bond acceptors (Lipinski definition) is 4. The number of halogens is 1. The Bertz CT molecular complexity index is 946. The summed E-state index contributed by atoms with van der Waals surface area (Å²) in [5.41, 5.74) is 3.13. The van der Waals surface area contributed by atoms with Crippen molar-refractivity contribution in [3.05, 3.63) is 59.2 Å². The number of benzene rings is 2. The largest absolute Gasteiger partial charge is 0.355 e. The molecule has 2 N–H and O–H groups in total. The fraction of sp³-hybridized carbons (Fsp3) is 0.0625. The van der Waals surface area contributed by atoms with Gasteiger partial charge < -0.3 is 4.52 Å². The molecule has 0 bridgehead atoms. The van der Waals surface area contributed by atoms with Gasteiger partial charge in [0.2, 0.25) is 10.0 Å². The van der Waals surface area contributed by atoms with E-state index in [1.807, 2.05) is 19.1 Å². The summed E-state index contributed by atoms with van der Waals surface area (Å²) >= 11 is 5.91. The number of nitrogens with two attached hydrogens (primary N) is 1. The molecule has 0 aliphatic rings. The van der Waals surface area contributed by atoms with Gasteiger partial charge in [0.1, 0.15) is 0 Å². The topological polar surface area (TPSA) is 86.2 Å². The van der Waals surface area contributed by atoms with Crippen LogP contribution in [-0.4, -0.2) is 13.6 Å². The van der Waals surface area contributed by atoms with Crippen LogP contribution in [-0.2, 0) is 10.0 Å². The zero-order chi connectivity index (χ0) is 16.6. The number of nitrogens with zero attached hydrogens (tertiary/aromatic N) is 1. The molecule has 0 atom stereocenters. The van der Waals surface area contributed by atoms with Crippen molar-refractivity contribution in [1.82, 2.24) is 5.16 Å². The molecule has 5 nitrogen and oxygen atoms in total. The fourth-order valence-electron chi connectivity index (χ4n) is 2.32. The van der Waals surface area contributed by atoms with Crippen molar-refractivity contribution in [1.29, 1.82) is 0 Å². The van der Waals surface area contributed by atoms with Gasteiger partial charge in [0.05, 0.1) is 16.2 Å². The average molecular weight is 349 g/mol. The van der Waals surface area contributed by atoms with Gasteiger partial charge in [-0.3, -0.25) is 0 Å². The second-order valence-electron chi connectivity index (χ2n) is 5.05. The molecule has 0 aliphatic heterocycles. The number of rotatable bonds is 3. The minimum Gasteiger partial charge on any atom is -0.355 e. The van der Waals surface area contributed by atoms with Crippen molar-refractivity contribution in [3.8, 4) is 22.5 Å². The molecular weight excluding hydrogens is 336 g/mol. The standard InChI is InChI=1S/C16H13ClN2O3S/c1-10-15(11-4-8-14(9-5-11)23(18,20)21)16(22-19-10)12-2-6-13(17)7-3-12/h2-9H,1H3,(H2,18,20,21). The highest BCUT2D eigenvalue weighted by Crippen LogP contribution is 2.35. The highest BCUT2D eigenvalue weighted by molar-refractivity contribution is 7.89. The molecule has 1 aromatic heterocycles. The molecule has 0 unspecified atom stereocenters. The van der Waals surface area contributed by atoms with Crippen LogP contribution in [0.1, 0.15) is 5.69 Å². The first-order valence-corrected chi connectivity index (χ1v) is 8.64. The van der Waals surface area contributed by atoms with E-state index in [9.17, 15) is 8.42 Å². The van der Waals surface area contributed by atoms with Crippen LogP contribution in [0.5, 0.6) is 0 Å². The zero-order valence-electron chi connectivity index (χ0n) is 12.2. The molecule has 0 radical (unpaired) electrons. The predicted octanol–water partition coefficient (Wildman–Crippen LogP) is 3.62. The number of aromatic nitrogens is 1. The van der Waals surface area contributed by atoms with Gasteiger partial charge in [-0.25, -0.2) is 13.6 Å². The molecule has 7 heteroatoms. The number of aryl methyl sites for hydroxylation is 1. The van der Waals surface area contributed by atoms with E-state index in [4.69, 9.17) is 21.3 Å². The molecule has 0 amide bonds. The SMILES string of the molecule is Cc1noc(-c2ccc(Cl)cc2)c1-c1ccc(S(N)(=O)=O)cc1. The molecule has 0 fully saturated rings. The van der Waals surface area contributed by atoms with Gasteiger partial charge in [-0.15, -0.1) is 0 Å². The molecular formula is C16H13ClN2O3S. The van der Waals surface area contributed by atoms with E-state index in [1.54, 1.807) is 24.3 Å². The van der Waals surface area contributed by atoms with Crippen LogP contribution in [0.3, 0.4) is 0 Å². The van der Waals surface area contributed by atoms with Crippen LogP contribution in [0.4, 0.5) is 0 Å². The molecule has 3 aromatic rings. The maximum absolute atomic E-state index is 11.4. The minimum atomic E-state index is -3.72. The Morgan fingerprint density at radius 3 is 2.13 bits per heavy atom. The smallest absolute Gasteiger partial charge is 0.238 e. The fourth-order valence-corrected chi connectivity index (χ4v) is 2.96. The van der Waals surface area contributed by atoms with E-state index in [0.717, 1.165) is 16.7 Å². The number of hydrogen-bond donors (Lipinski definition) is 1. The first-order chi connectivity index (χ1) is 10.9.